The molecule has 0 amide bonds. The Morgan fingerprint density at radius 2 is 1.76 bits per heavy atom. The molecule has 1 rings (SSSR count). The van der Waals surface area contributed by atoms with Crippen LogP contribution in [0.15, 0.2) is 24.3 Å². The Morgan fingerprint density at radius 3 is 2.29 bits per heavy atom. The van der Waals surface area contributed by atoms with Gasteiger partial charge in [0.25, 0.3) is 0 Å². The summed E-state index contributed by atoms with van der Waals surface area (Å²) in [6.07, 6.45) is 2.00. The van der Waals surface area contributed by atoms with Gasteiger partial charge in [-0.05, 0) is 18.4 Å². The van der Waals surface area contributed by atoms with Crippen LogP contribution < -0.4 is 0 Å². The van der Waals surface area contributed by atoms with Crippen LogP contribution in [-0.2, 0) is 11.2 Å². The maximum Gasteiger partial charge on any atom is 0.303 e. The fourth-order valence-corrected chi connectivity index (χ4v) is 1.77. The molecular weight excluding hydrogens is 284 g/mol. The van der Waals surface area contributed by atoms with Crippen molar-refractivity contribution in [3.63, 3.8) is 0 Å². The molecule has 4 heteroatoms. The number of carbonyl (C=O) groups excluding carboxylic acids is 1. The van der Waals surface area contributed by atoms with Crippen LogP contribution in [0, 0.1) is 0 Å². The van der Waals surface area contributed by atoms with Crippen LogP contribution in [-0.4, -0.2) is 22.2 Å². The van der Waals surface area contributed by atoms with E-state index in [1.165, 1.54) is 5.56 Å². The summed E-state index contributed by atoms with van der Waals surface area (Å²) in [5.41, 5.74) is 1.79. The zero-order valence-corrected chi connectivity index (χ0v) is 11.1. The summed E-state index contributed by atoms with van der Waals surface area (Å²) < 4.78 is 0. The van der Waals surface area contributed by atoms with E-state index >= 15 is 0 Å². The molecule has 0 aromatic heterocycles. The molecule has 0 spiro atoms. The number of aliphatic carboxylic acids is 1. The first-order valence-corrected chi connectivity index (χ1v) is 6.65. The minimum Gasteiger partial charge on any atom is -0.481 e. The number of benzene rings is 1. The molecule has 0 aliphatic rings. The Kier molecular flexibility index (Phi) is 5.91. The Labute approximate surface area is 109 Å². The molecule has 3 nitrogen and oxygen atoms in total. The maximum absolute atomic E-state index is 11.6. The van der Waals surface area contributed by atoms with Gasteiger partial charge in [0, 0.05) is 17.3 Å². The summed E-state index contributed by atoms with van der Waals surface area (Å²) in [6.45, 7) is 0. The van der Waals surface area contributed by atoms with Crippen molar-refractivity contribution in [2.45, 2.75) is 25.7 Å². The number of ketones is 1. The van der Waals surface area contributed by atoms with Crippen LogP contribution >= 0.6 is 15.9 Å². The predicted molar refractivity (Wildman–Crippen MR) is 69.8 cm³/mol. The second kappa shape index (κ2) is 7.22. The average Bonchev–Trinajstić information content (AvgIpc) is 2.34. The number of aryl methyl sites for hydroxylation is 1. The summed E-state index contributed by atoms with van der Waals surface area (Å²) in [5.74, 6) is -1.05. The molecule has 0 radical (unpaired) electrons. The fourth-order valence-electron chi connectivity index (χ4n) is 1.49. The molecule has 0 aliphatic carbocycles. The van der Waals surface area contributed by atoms with E-state index in [-0.39, 0.29) is 18.6 Å². The number of Topliss-reactive ketones (excluding diaryl/α,β-unsaturated/α-hetero) is 1. The first-order valence-electron chi connectivity index (χ1n) is 5.53. The minimum absolute atomic E-state index is 0.0656. The molecule has 1 aromatic carbocycles. The highest BCUT2D eigenvalue weighted by molar-refractivity contribution is 9.09. The van der Waals surface area contributed by atoms with E-state index in [1.54, 1.807) is 12.1 Å². The van der Waals surface area contributed by atoms with E-state index in [0.29, 0.717) is 5.56 Å². The molecular formula is C13H15BrO3. The number of hydrogen-bond donors (Lipinski definition) is 1. The van der Waals surface area contributed by atoms with Gasteiger partial charge in [0.1, 0.15) is 0 Å². The summed E-state index contributed by atoms with van der Waals surface area (Å²) in [7, 11) is 0. The number of alkyl halides is 1. The van der Waals surface area contributed by atoms with Crippen LogP contribution in [0.25, 0.3) is 0 Å². The molecule has 0 saturated carbocycles. The lowest BCUT2D eigenvalue weighted by atomic mass is 10.0. The van der Waals surface area contributed by atoms with Crippen molar-refractivity contribution in [1.82, 2.24) is 0 Å². The highest BCUT2D eigenvalue weighted by Gasteiger charge is 2.08. The largest absolute Gasteiger partial charge is 0.481 e. The van der Waals surface area contributed by atoms with Gasteiger partial charge < -0.3 is 5.11 Å². The van der Waals surface area contributed by atoms with E-state index in [0.717, 1.165) is 18.2 Å². The summed E-state index contributed by atoms with van der Waals surface area (Å²) in [5, 5.41) is 9.46. The lowest BCUT2D eigenvalue weighted by Gasteiger charge is -2.02. The third-order valence-electron chi connectivity index (χ3n) is 2.44. The number of rotatable bonds is 7. The Bertz CT molecular complexity index is 384. The number of hydrogen-bond acceptors (Lipinski definition) is 2. The van der Waals surface area contributed by atoms with Gasteiger partial charge in [-0.2, -0.15) is 0 Å². The van der Waals surface area contributed by atoms with Gasteiger partial charge in [-0.3, -0.25) is 9.59 Å². The van der Waals surface area contributed by atoms with Crippen LogP contribution in [0.5, 0.6) is 0 Å². The van der Waals surface area contributed by atoms with Crippen molar-refractivity contribution >= 4 is 27.7 Å². The number of halogens is 1. The van der Waals surface area contributed by atoms with Crippen molar-refractivity contribution in [2.75, 3.05) is 5.33 Å². The zero-order chi connectivity index (χ0) is 12.7. The minimum atomic E-state index is -0.938. The van der Waals surface area contributed by atoms with Crippen molar-refractivity contribution < 1.29 is 14.7 Å². The second-order valence-corrected chi connectivity index (χ2v) is 4.60. The quantitative estimate of drug-likeness (QED) is 0.622. The SMILES string of the molecule is O=C(O)CCC(=O)c1ccc(CCCBr)cc1. The van der Waals surface area contributed by atoms with Gasteiger partial charge in [0.15, 0.2) is 5.78 Å². The van der Waals surface area contributed by atoms with Crippen molar-refractivity contribution in [3.05, 3.63) is 35.4 Å². The van der Waals surface area contributed by atoms with Gasteiger partial charge in [0.05, 0.1) is 6.42 Å². The third-order valence-corrected chi connectivity index (χ3v) is 3.00. The molecule has 0 heterocycles. The first kappa shape index (κ1) is 13.9. The summed E-state index contributed by atoms with van der Waals surface area (Å²) >= 11 is 3.37. The predicted octanol–water partition coefficient (Wildman–Crippen LogP) is 3.06. The molecule has 92 valence electrons. The van der Waals surface area contributed by atoms with Gasteiger partial charge in [-0.1, -0.05) is 40.2 Å². The Balaban J connectivity index is 2.54. The lowest BCUT2D eigenvalue weighted by Crippen LogP contribution is -2.03. The van der Waals surface area contributed by atoms with E-state index in [4.69, 9.17) is 5.11 Å². The van der Waals surface area contributed by atoms with Crippen molar-refractivity contribution in [2.24, 2.45) is 0 Å². The standard InChI is InChI=1S/C13H15BrO3/c14-9-1-2-10-3-5-11(6-4-10)12(15)7-8-13(16)17/h3-6H,1-2,7-9H2,(H,16,17). The first-order chi connectivity index (χ1) is 8.13. The monoisotopic (exact) mass is 298 g/mol. The maximum atomic E-state index is 11.6. The molecule has 0 bridgehead atoms. The highest BCUT2D eigenvalue weighted by Crippen LogP contribution is 2.10. The molecule has 0 atom stereocenters. The summed E-state index contributed by atoms with van der Waals surface area (Å²) in [4.78, 5) is 22.0. The van der Waals surface area contributed by atoms with Crippen molar-refractivity contribution in [3.8, 4) is 0 Å². The van der Waals surface area contributed by atoms with Crippen LogP contribution in [0.3, 0.4) is 0 Å². The van der Waals surface area contributed by atoms with Crippen LogP contribution in [0.2, 0.25) is 0 Å². The lowest BCUT2D eigenvalue weighted by molar-refractivity contribution is -0.136. The molecule has 0 fully saturated rings. The van der Waals surface area contributed by atoms with E-state index in [2.05, 4.69) is 15.9 Å². The van der Waals surface area contributed by atoms with Gasteiger partial charge in [-0.25, -0.2) is 0 Å². The van der Waals surface area contributed by atoms with Gasteiger partial charge in [-0.15, -0.1) is 0 Å². The smallest absolute Gasteiger partial charge is 0.303 e. The Hall–Kier alpha value is -1.16. The van der Waals surface area contributed by atoms with Gasteiger partial charge >= 0.3 is 5.97 Å². The third kappa shape index (κ3) is 5.13. The number of carboxylic acids is 1. The molecule has 17 heavy (non-hydrogen) atoms. The Morgan fingerprint density at radius 1 is 1.12 bits per heavy atom. The molecule has 1 N–H and O–H groups in total. The number of carboxylic acid groups (broad SMARTS) is 1. The molecule has 0 aliphatic heterocycles. The van der Waals surface area contributed by atoms with Crippen LogP contribution in [0.4, 0.5) is 0 Å². The zero-order valence-electron chi connectivity index (χ0n) is 9.49. The fraction of sp³-hybridized carbons (Fsp3) is 0.385. The average molecular weight is 299 g/mol. The number of carbonyl (C=O) groups is 2. The van der Waals surface area contributed by atoms with E-state index < -0.39 is 5.97 Å². The molecule has 0 saturated heterocycles. The molecule has 1 aromatic rings. The van der Waals surface area contributed by atoms with Gasteiger partial charge in [0.2, 0.25) is 0 Å². The van der Waals surface area contributed by atoms with Crippen LogP contribution in [0.1, 0.15) is 35.2 Å². The van der Waals surface area contributed by atoms with E-state index in [1.807, 2.05) is 12.1 Å². The molecule has 0 unspecified atom stereocenters. The normalized spacial score (nSPS) is 10.2. The topological polar surface area (TPSA) is 54.4 Å². The summed E-state index contributed by atoms with van der Waals surface area (Å²) in [6, 6.07) is 7.40. The second-order valence-electron chi connectivity index (χ2n) is 3.81. The van der Waals surface area contributed by atoms with Crippen molar-refractivity contribution in [1.29, 1.82) is 0 Å². The highest BCUT2D eigenvalue weighted by atomic mass is 79.9. The van der Waals surface area contributed by atoms with E-state index in [9.17, 15) is 9.59 Å².